The second-order valence-corrected chi connectivity index (χ2v) is 5.82. The first-order valence-electron chi connectivity index (χ1n) is 6.03. The lowest BCUT2D eigenvalue weighted by Gasteiger charge is -2.26. The molecule has 6 nitrogen and oxygen atoms in total. The van der Waals surface area contributed by atoms with Crippen LogP contribution in [-0.4, -0.2) is 36.2 Å². The molecule has 1 aromatic carbocycles. The molecular weight excluding hydrogens is 328 g/mol. The lowest BCUT2D eigenvalue weighted by molar-refractivity contribution is -0.125. The molecule has 1 saturated heterocycles. The van der Waals surface area contributed by atoms with Gasteiger partial charge in [-0.1, -0.05) is 6.07 Å². The Kier molecular flexibility index (Phi) is 4.12. The predicted molar refractivity (Wildman–Crippen MR) is 76.6 cm³/mol. The molecule has 1 fully saturated rings. The van der Waals surface area contributed by atoms with Crippen LogP contribution < -0.4 is 11.1 Å². The van der Waals surface area contributed by atoms with Crippen LogP contribution in [0, 0.1) is 5.41 Å². The number of anilines is 1. The average Bonchev–Trinajstić information content (AvgIpc) is 2.73. The summed E-state index contributed by atoms with van der Waals surface area (Å²) in [5.74, 6) is -1.46. The Labute approximate surface area is 124 Å². The SMILES string of the molecule is CC1(C(=O)Nc2c(Br)cccc2C(=O)O)COCC1N. The summed E-state index contributed by atoms with van der Waals surface area (Å²) in [6.07, 6.45) is 0. The van der Waals surface area contributed by atoms with Crippen molar-refractivity contribution in [1.29, 1.82) is 0 Å². The highest BCUT2D eigenvalue weighted by atomic mass is 79.9. The van der Waals surface area contributed by atoms with Crippen LogP contribution in [0.1, 0.15) is 17.3 Å². The van der Waals surface area contributed by atoms with E-state index in [1.54, 1.807) is 19.1 Å². The molecule has 1 amide bonds. The highest BCUT2D eigenvalue weighted by Crippen LogP contribution is 2.32. The molecule has 7 heteroatoms. The fourth-order valence-electron chi connectivity index (χ4n) is 2.01. The molecule has 1 aromatic rings. The minimum Gasteiger partial charge on any atom is -0.478 e. The molecule has 4 N–H and O–H groups in total. The third kappa shape index (κ3) is 2.56. The minimum atomic E-state index is -1.11. The number of ether oxygens (including phenoxy) is 1. The molecular formula is C13H15BrN2O4. The van der Waals surface area contributed by atoms with Gasteiger partial charge < -0.3 is 20.9 Å². The molecule has 1 aliphatic heterocycles. The van der Waals surface area contributed by atoms with E-state index in [-0.39, 0.29) is 23.8 Å². The second-order valence-electron chi connectivity index (χ2n) is 4.96. The molecule has 20 heavy (non-hydrogen) atoms. The summed E-state index contributed by atoms with van der Waals surface area (Å²) >= 11 is 3.24. The Balaban J connectivity index is 2.31. The van der Waals surface area contributed by atoms with Crippen LogP contribution in [0.25, 0.3) is 0 Å². The largest absolute Gasteiger partial charge is 0.478 e. The van der Waals surface area contributed by atoms with Gasteiger partial charge >= 0.3 is 5.97 Å². The molecule has 0 saturated carbocycles. The van der Waals surface area contributed by atoms with E-state index in [2.05, 4.69) is 21.2 Å². The van der Waals surface area contributed by atoms with Gasteiger partial charge in [0, 0.05) is 10.5 Å². The molecule has 2 atom stereocenters. The number of nitrogens with two attached hydrogens (primary N) is 1. The van der Waals surface area contributed by atoms with E-state index in [1.807, 2.05) is 0 Å². The normalized spacial score (nSPS) is 25.4. The maximum atomic E-state index is 12.4. The Hall–Kier alpha value is -1.44. The van der Waals surface area contributed by atoms with Crippen molar-refractivity contribution in [3.8, 4) is 0 Å². The standard InChI is InChI=1S/C13H15BrN2O4/c1-13(6-20-5-9(13)15)12(19)16-10-7(11(17)18)3-2-4-8(10)14/h2-4,9H,5-6,15H2,1H3,(H,16,19)(H,17,18). The van der Waals surface area contributed by atoms with Crippen LogP contribution in [0.5, 0.6) is 0 Å². The third-order valence-electron chi connectivity index (χ3n) is 3.52. The van der Waals surface area contributed by atoms with Gasteiger partial charge in [-0.05, 0) is 35.0 Å². The maximum absolute atomic E-state index is 12.4. The van der Waals surface area contributed by atoms with Gasteiger partial charge in [0.25, 0.3) is 0 Å². The smallest absolute Gasteiger partial charge is 0.337 e. The first-order valence-corrected chi connectivity index (χ1v) is 6.82. The van der Waals surface area contributed by atoms with E-state index in [4.69, 9.17) is 15.6 Å². The van der Waals surface area contributed by atoms with E-state index in [0.717, 1.165) is 0 Å². The summed E-state index contributed by atoms with van der Waals surface area (Å²) in [6, 6.07) is 4.26. The minimum absolute atomic E-state index is 0.0174. The molecule has 0 radical (unpaired) electrons. The summed E-state index contributed by atoms with van der Waals surface area (Å²) in [5, 5.41) is 11.8. The van der Waals surface area contributed by atoms with Gasteiger partial charge in [0.1, 0.15) is 0 Å². The lowest BCUT2D eigenvalue weighted by atomic mass is 9.84. The Bertz CT molecular complexity index is 563. The van der Waals surface area contributed by atoms with E-state index < -0.39 is 17.4 Å². The van der Waals surface area contributed by atoms with E-state index in [0.29, 0.717) is 11.1 Å². The van der Waals surface area contributed by atoms with Crippen LogP contribution in [-0.2, 0) is 9.53 Å². The number of rotatable bonds is 3. The highest BCUT2D eigenvalue weighted by Gasteiger charge is 2.44. The summed E-state index contributed by atoms with van der Waals surface area (Å²) in [5.41, 5.74) is 5.26. The molecule has 0 aliphatic carbocycles. The van der Waals surface area contributed by atoms with Gasteiger partial charge in [0.2, 0.25) is 5.91 Å². The van der Waals surface area contributed by atoms with Crippen LogP contribution in [0.2, 0.25) is 0 Å². The number of benzene rings is 1. The monoisotopic (exact) mass is 342 g/mol. The van der Waals surface area contributed by atoms with Crippen molar-refractivity contribution in [2.75, 3.05) is 18.5 Å². The molecule has 0 aromatic heterocycles. The number of nitrogens with one attached hydrogen (secondary N) is 1. The molecule has 1 aliphatic rings. The average molecular weight is 343 g/mol. The number of hydrogen-bond donors (Lipinski definition) is 3. The van der Waals surface area contributed by atoms with Gasteiger partial charge in [-0.25, -0.2) is 4.79 Å². The maximum Gasteiger partial charge on any atom is 0.337 e. The fourth-order valence-corrected chi connectivity index (χ4v) is 2.47. The molecule has 0 spiro atoms. The van der Waals surface area contributed by atoms with Gasteiger partial charge in [-0.2, -0.15) is 0 Å². The number of carbonyl (C=O) groups excluding carboxylic acids is 1. The molecule has 1 heterocycles. The zero-order valence-corrected chi connectivity index (χ0v) is 12.4. The molecule has 0 bridgehead atoms. The number of para-hydroxylation sites is 1. The third-order valence-corrected chi connectivity index (χ3v) is 4.18. The Morgan fingerprint density at radius 1 is 1.55 bits per heavy atom. The summed E-state index contributed by atoms with van der Waals surface area (Å²) in [6.45, 7) is 2.23. The molecule has 108 valence electrons. The lowest BCUT2D eigenvalue weighted by Crippen LogP contribution is -2.47. The van der Waals surface area contributed by atoms with Crippen LogP contribution in [0.4, 0.5) is 5.69 Å². The van der Waals surface area contributed by atoms with Crippen LogP contribution in [0.3, 0.4) is 0 Å². The van der Waals surface area contributed by atoms with Crippen molar-refractivity contribution in [3.63, 3.8) is 0 Å². The van der Waals surface area contributed by atoms with E-state index >= 15 is 0 Å². The number of aromatic carboxylic acids is 1. The van der Waals surface area contributed by atoms with Crippen LogP contribution in [0.15, 0.2) is 22.7 Å². The van der Waals surface area contributed by atoms with Crippen LogP contribution >= 0.6 is 15.9 Å². The van der Waals surface area contributed by atoms with Gasteiger partial charge in [0.05, 0.1) is 29.9 Å². The number of amides is 1. The fraction of sp³-hybridized carbons (Fsp3) is 0.385. The van der Waals surface area contributed by atoms with Crippen molar-refractivity contribution in [3.05, 3.63) is 28.2 Å². The summed E-state index contributed by atoms with van der Waals surface area (Å²) in [4.78, 5) is 23.6. The van der Waals surface area contributed by atoms with Crippen molar-refractivity contribution < 1.29 is 19.4 Å². The number of hydrogen-bond acceptors (Lipinski definition) is 4. The van der Waals surface area contributed by atoms with Gasteiger partial charge in [-0.3, -0.25) is 4.79 Å². The Morgan fingerprint density at radius 3 is 2.80 bits per heavy atom. The first kappa shape index (κ1) is 15.0. The van der Waals surface area contributed by atoms with Crippen molar-refractivity contribution in [2.24, 2.45) is 11.1 Å². The van der Waals surface area contributed by atoms with Crippen molar-refractivity contribution in [2.45, 2.75) is 13.0 Å². The van der Waals surface area contributed by atoms with Crippen molar-refractivity contribution in [1.82, 2.24) is 0 Å². The van der Waals surface area contributed by atoms with Crippen molar-refractivity contribution >= 4 is 33.5 Å². The summed E-state index contributed by atoms with van der Waals surface area (Å²) in [7, 11) is 0. The number of carboxylic acids is 1. The quantitative estimate of drug-likeness (QED) is 0.771. The van der Waals surface area contributed by atoms with Gasteiger partial charge in [0.15, 0.2) is 0 Å². The number of carboxylic acid groups (broad SMARTS) is 1. The molecule has 2 rings (SSSR count). The highest BCUT2D eigenvalue weighted by molar-refractivity contribution is 9.10. The zero-order valence-electron chi connectivity index (χ0n) is 10.9. The predicted octanol–water partition coefficient (Wildman–Crippen LogP) is 1.45. The summed E-state index contributed by atoms with van der Waals surface area (Å²) < 4.78 is 5.73. The first-order chi connectivity index (χ1) is 9.36. The number of carbonyl (C=O) groups is 2. The molecule has 2 unspecified atom stereocenters. The van der Waals surface area contributed by atoms with E-state index in [1.165, 1.54) is 6.07 Å². The second kappa shape index (κ2) is 5.51. The topological polar surface area (TPSA) is 102 Å². The van der Waals surface area contributed by atoms with Gasteiger partial charge in [-0.15, -0.1) is 0 Å². The van der Waals surface area contributed by atoms with E-state index in [9.17, 15) is 9.59 Å². The zero-order chi connectivity index (χ0) is 14.9. The number of halogens is 1. The Morgan fingerprint density at radius 2 is 2.25 bits per heavy atom.